The molecule has 0 atom stereocenters. The number of rotatable bonds is 4. The van der Waals surface area contributed by atoms with Crippen molar-refractivity contribution in [1.29, 1.82) is 0 Å². The lowest BCUT2D eigenvalue weighted by molar-refractivity contribution is 0.507. The smallest absolute Gasteiger partial charge is 0.176 e. The van der Waals surface area contributed by atoms with E-state index in [2.05, 4.69) is 29.3 Å². The molecule has 0 aromatic heterocycles. The van der Waals surface area contributed by atoms with Crippen LogP contribution in [0.2, 0.25) is 0 Å². The molecule has 0 aliphatic rings. The van der Waals surface area contributed by atoms with Gasteiger partial charge in [-0.25, -0.2) is 5.01 Å². The first-order chi connectivity index (χ1) is 7.77. The summed E-state index contributed by atoms with van der Waals surface area (Å²) >= 11 is 4.22. The summed E-state index contributed by atoms with van der Waals surface area (Å²) in [6, 6.07) is 9.87. The lowest BCUT2D eigenvalue weighted by Crippen LogP contribution is -2.21. The van der Waals surface area contributed by atoms with Crippen LogP contribution in [-0.4, -0.2) is 30.0 Å². The minimum Gasteiger partial charge on any atom is -0.265 e. The van der Waals surface area contributed by atoms with Crippen molar-refractivity contribution in [3.63, 3.8) is 0 Å². The van der Waals surface area contributed by atoms with E-state index in [0.29, 0.717) is 11.7 Å². The van der Waals surface area contributed by atoms with Crippen LogP contribution in [0.25, 0.3) is 0 Å². The highest BCUT2D eigenvalue weighted by Gasteiger charge is 2.01. The summed E-state index contributed by atoms with van der Waals surface area (Å²) in [5.74, 6) is 0. The van der Waals surface area contributed by atoms with Gasteiger partial charge in [0.05, 0.1) is 12.8 Å². The zero-order chi connectivity index (χ0) is 11.8. The van der Waals surface area contributed by atoms with Gasteiger partial charge < -0.3 is 0 Å². The molecule has 1 rings (SSSR count). The van der Waals surface area contributed by atoms with Crippen LogP contribution in [0, 0.1) is 0 Å². The maximum Gasteiger partial charge on any atom is 0.176 e. The molecule has 3 nitrogen and oxygen atoms in total. The molecule has 0 saturated heterocycles. The Labute approximate surface area is 125 Å². The fraction of sp³-hybridized carbons (Fsp3) is 0.167. The van der Waals surface area contributed by atoms with Gasteiger partial charge in [0.1, 0.15) is 0 Å². The number of halogens is 1. The lowest BCUT2D eigenvalue weighted by Gasteiger charge is -2.14. The Morgan fingerprint density at radius 1 is 1.41 bits per heavy atom. The molecule has 0 radical (unpaired) electrons. The fourth-order valence-electron chi connectivity index (χ4n) is 1.09. The molecule has 17 heavy (non-hydrogen) atoms. The van der Waals surface area contributed by atoms with Crippen LogP contribution in [0.15, 0.2) is 53.1 Å². The van der Waals surface area contributed by atoms with Gasteiger partial charge in [-0.15, -0.1) is 43.2 Å². The standard InChI is InChI=1S/C12H15N3S.HI/c1-3-9-15(12(16)13-2)14-10-11-7-5-4-6-8-11;/h3-8,10H,1,9H2,2H3,(H,13,16);1H. The Kier molecular flexibility index (Phi) is 8.79. The van der Waals surface area contributed by atoms with E-state index < -0.39 is 0 Å². The van der Waals surface area contributed by atoms with Crippen LogP contribution in [0.1, 0.15) is 5.56 Å². The van der Waals surface area contributed by atoms with E-state index in [1.54, 1.807) is 24.3 Å². The number of aliphatic imine (C=N–C) groups is 1. The van der Waals surface area contributed by atoms with Crippen molar-refractivity contribution < 1.29 is 0 Å². The second kappa shape index (κ2) is 9.23. The average molecular weight is 361 g/mol. The fourth-order valence-corrected chi connectivity index (χ4v) is 1.23. The molecule has 0 unspecified atom stereocenters. The largest absolute Gasteiger partial charge is 0.265 e. The monoisotopic (exact) mass is 361 g/mol. The van der Waals surface area contributed by atoms with Gasteiger partial charge >= 0.3 is 0 Å². The predicted molar refractivity (Wildman–Crippen MR) is 88.7 cm³/mol. The van der Waals surface area contributed by atoms with Crippen LogP contribution in [0.3, 0.4) is 0 Å². The summed E-state index contributed by atoms with van der Waals surface area (Å²) in [5, 5.41) is 6.52. The minimum absolute atomic E-state index is 0. The highest BCUT2D eigenvalue weighted by atomic mass is 127. The number of nitrogens with zero attached hydrogens (tertiary/aromatic N) is 3. The van der Waals surface area contributed by atoms with Gasteiger partial charge in [0.25, 0.3) is 0 Å². The molecule has 0 amide bonds. The van der Waals surface area contributed by atoms with Crippen LogP contribution in [0.4, 0.5) is 0 Å². The van der Waals surface area contributed by atoms with E-state index in [0.717, 1.165) is 5.56 Å². The van der Waals surface area contributed by atoms with Crippen molar-refractivity contribution in [2.24, 2.45) is 10.1 Å². The molecule has 92 valence electrons. The predicted octanol–water partition coefficient (Wildman–Crippen LogP) is 3.04. The van der Waals surface area contributed by atoms with E-state index in [1.807, 2.05) is 30.3 Å². The molecule has 5 heteroatoms. The Morgan fingerprint density at radius 2 is 2.06 bits per heavy atom. The molecule has 0 bridgehead atoms. The van der Waals surface area contributed by atoms with Crippen molar-refractivity contribution >= 4 is 48.0 Å². The summed E-state index contributed by atoms with van der Waals surface area (Å²) in [7, 11) is 1.68. The Bertz CT molecular complexity index is 390. The van der Waals surface area contributed by atoms with Crippen LogP contribution < -0.4 is 0 Å². The first kappa shape index (κ1) is 16.2. The van der Waals surface area contributed by atoms with Crippen LogP contribution in [-0.2, 0) is 0 Å². The summed E-state index contributed by atoms with van der Waals surface area (Å²) in [4.78, 5) is 3.96. The molecule has 0 fully saturated rings. The maximum absolute atomic E-state index is 4.28. The normalized spacial score (nSPS) is 11.1. The first-order valence-corrected chi connectivity index (χ1v) is 5.36. The molecule has 0 saturated carbocycles. The summed E-state index contributed by atoms with van der Waals surface area (Å²) in [6.07, 6.45) is 3.52. The Balaban J connectivity index is 0.00000256. The molecule has 0 N–H and O–H groups in total. The van der Waals surface area contributed by atoms with E-state index in [9.17, 15) is 0 Å². The van der Waals surface area contributed by atoms with Gasteiger partial charge in [-0.1, -0.05) is 36.4 Å². The van der Waals surface area contributed by atoms with Crippen molar-refractivity contribution in [2.45, 2.75) is 0 Å². The third kappa shape index (κ3) is 5.88. The maximum atomic E-state index is 4.28. The second-order valence-corrected chi connectivity index (χ2v) is 3.45. The van der Waals surface area contributed by atoms with Gasteiger partial charge in [-0.05, 0) is 5.56 Å². The van der Waals surface area contributed by atoms with Gasteiger partial charge in [0.2, 0.25) is 0 Å². The third-order valence-electron chi connectivity index (χ3n) is 1.88. The van der Waals surface area contributed by atoms with E-state index >= 15 is 0 Å². The second-order valence-electron chi connectivity index (χ2n) is 3.05. The topological polar surface area (TPSA) is 28.0 Å². The molecule has 0 spiro atoms. The van der Waals surface area contributed by atoms with Crippen molar-refractivity contribution in [3.05, 3.63) is 48.6 Å². The number of thiol groups is 1. The number of hydrazone groups is 1. The molecular weight excluding hydrogens is 345 g/mol. The summed E-state index contributed by atoms with van der Waals surface area (Å²) in [5.41, 5.74) is 1.04. The van der Waals surface area contributed by atoms with Crippen LogP contribution >= 0.6 is 36.6 Å². The average Bonchev–Trinajstić information content (AvgIpc) is 2.34. The van der Waals surface area contributed by atoms with Crippen molar-refractivity contribution in [2.75, 3.05) is 13.6 Å². The van der Waals surface area contributed by atoms with E-state index in [4.69, 9.17) is 0 Å². The summed E-state index contributed by atoms with van der Waals surface area (Å²) < 4.78 is 0. The first-order valence-electron chi connectivity index (χ1n) is 4.91. The lowest BCUT2D eigenvalue weighted by atomic mass is 10.2. The molecule has 0 aliphatic carbocycles. The molecular formula is C12H16IN3S. The molecule has 0 heterocycles. The zero-order valence-corrected chi connectivity index (χ0v) is 12.9. The van der Waals surface area contributed by atoms with E-state index in [-0.39, 0.29) is 24.0 Å². The molecule has 0 aliphatic heterocycles. The Hall–Kier alpha value is -0.820. The van der Waals surface area contributed by atoms with Gasteiger partial charge in [-0.3, -0.25) is 4.99 Å². The SMILES string of the molecule is C=CCN(N=Cc1ccccc1)C(S)=NC.I. The zero-order valence-electron chi connectivity index (χ0n) is 9.65. The number of benzene rings is 1. The number of amidine groups is 1. The van der Waals surface area contributed by atoms with Crippen LogP contribution in [0.5, 0.6) is 0 Å². The van der Waals surface area contributed by atoms with Gasteiger partial charge in [-0.2, -0.15) is 5.10 Å². The van der Waals surface area contributed by atoms with Gasteiger partial charge in [0.15, 0.2) is 5.17 Å². The third-order valence-corrected chi connectivity index (χ3v) is 2.31. The minimum atomic E-state index is 0. The quantitative estimate of drug-likeness (QED) is 0.219. The molecule has 1 aromatic rings. The highest BCUT2D eigenvalue weighted by molar-refractivity contribution is 14.0. The number of hydrogen-bond acceptors (Lipinski definition) is 2. The van der Waals surface area contributed by atoms with Gasteiger partial charge in [0, 0.05) is 7.05 Å². The highest BCUT2D eigenvalue weighted by Crippen LogP contribution is 2.00. The summed E-state index contributed by atoms with van der Waals surface area (Å²) in [6.45, 7) is 4.25. The van der Waals surface area contributed by atoms with E-state index in [1.165, 1.54) is 0 Å². The van der Waals surface area contributed by atoms with Crippen molar-refractivity contribution in [1.82, 2.24) is 5.01 Å². The molecule has 1 aromatic carbocycles. The van der Waals surface area contributed by atoms with Crippen molar-refractivity contribution in [3.8, 4) is 0 Å². The number of hydrogen-bond donors (Lipinski definition) is 1. The Morgan fingerprint density at radius 3 is 2.59 bits per heavy atom.